The standard InChI is InChI=1S/C17H29NO3/c1-6-18-16(12-21-14(4)11-20-7-2)15-10-13(3)8-9-17(15)19-5/h8-10,14,16,18H,6-7,11-12H2,1-5H3. The average Bonchev–Trinajstić information content (AvgIpc) is 2.49. The van der Waals surface area contributed by atoms with E-state index in [4.69, 9.17) is 14.2 Å². The summed E-state index contributed by atoms with van der Waals surface area (Å²) in [6, 6.07) is 6.35. The maximum atomic E-state index is 5.91. The van der Waals surface area contributed by atoms with Crippen molar-refractivity contribution in [2.24, 2.45) is 0 Å². The van der Waals surface area contributed by atoms with E-state index in [9.17, 15) is 0 Å². The molecular formula is C17H29NO3. The van der Waals surface area contributed by atoms with Crippen molar-refractivity contribution >= 4 is 0 Å². The van der Waals surface area contributed by atoms with Crippen molar-refractivity contribution in [1.29, 1.82) is 0 Å². The molecule has 0 aliphatic carbocycles. The van der Waals surface area contributed by atoms with E-state index in [-0.39, 0.29) is 12.1 Å². The molecule has 0 amide bonds. The summed E-state index contributed by atoms with van der Waals surface area (Å²) in [4.78, 5) is 0. The molecule has 0 aromatic heterocycles. The van der Waals surface area contributed by atoms with Gasteiger partial charge in [0.2, 0.25) is 0 Å². The quantitative estimate of drug-likeness (QED) is 0.720. The zero-order valence-electron chi connectivity index (χ0n) is 13.9. The van der Waals surface area contributed by atoms with Gasteiger partial charge in [-0.25, -0.2) is 0 Å². The summed E-state index contributed by atoms with van der Waals surface area (Å²) in [6.07, 6.45) is 0.0851. The van der Waals surface area contributed by atoms with Crippen LogP contribution in [0.3, 0.4) is 0 Å². The number of hydrogen-bond donors (Lipinski definition) is 1. The molecule has 0 aliphatic rings. The van der Waals surface area contributed by atoms with Gasteiger partial charge in [0.1, 0.15) is 5.75 Å². The lowest BCUT2D eigenvalue weighted by Gasteiger charge is -2.23. The van der Waals surface area contributed by atoms with E-state index < -0.39 is 0 Å². The molecule has 2 unspecified atom stereocenters. The van der Waals surface area contributed by atoms with Gasteiger partial charge in [-0.1, -0.05) is 24.6 Å². The Hall–Kier alpha value is -1.10. The molecule has 0 fully saturated rings. The lowest BCUT2D eigenvalue weighted by molar-refractivity contribution is -0.0117. The van der Waals surface area contributed by atoms with Gasteiger partial charge in [-0.05, 0) is 33.4 Å². The molecule has 4 heteroatoms. The normalized spacial score (nSPS) is 14.0. The third-order valence-corrected chi connectivity index (χ3v) is 3.32. The maximum absolute atomic E-state index is 5.91. The predicted octanol–water partition coefficient (Wildman–Crippen LogP) is 3.10. The Morgan fingerprint density at radius 3 is 2.57 bits per heavy atom. The summed E-state index contributed by atoms with van der Waals surface area (Å²) in [5.41, 5.74) is 2.36. The van der Waals surface area contributed by atoms with Crippen molar-refractivity contribution < 1.29 is 14.2 Å². The fourth-order valence-corrected chi connectivity index (χ4v) is 2.22. The number of nitrogens with one attached hydrogen (secondary N) is 1. The highest BCUT2D eigenvalue weighted by molar-refractivity contribution is 5.39. The predicted molar refractivity (Wildman–Crippen MR) is 86.1 cm³/mol. The highest BCUT2D eigenvalue weighted by atomic mass is 16.5. The molecule has 0 aliphatic heterocycles. The molecule has 4 nitrogen and oxygen atoms in total. The highest BCUT2D eigenvalue weighted by Crippen LogP contribution is 2.26. The van der Waals surface area contributed by atoms with Gasteiger partial charge in [0.15, 0.2) is 0 Å². The van der Waals surface area contributed by atoms with Gasteiger partial charge in [-0.2, -0.15) is 0 Å². The van der Waals surface area contributed by atoms with Gasteiger partial charge in [-0.15, -0.1) is 0 Å². The molecule has 1 rings (SSSR count). The number of ether oxygens (including phenoxy) is 3. The second-order valence-corrected chi connectivity index (χ2v) is 5.16. The first-order valence-corrected chi connectivity index (χ1v) is 7.69. The van der Waals surface area contributed by atoms with E-state index in [1.54, 1.807) is 7.11 Å². The van der Waals surface area contributed by atoms with Crippen molar-refractivity contribution in [1.82, 2.24) is 5.32 Å². The van der Waals surface area contributed by atoms with E-state index in [0.717, 1.165) is 24.5 Å². The van der Waals surface area contributed by atoms with Gasteiger partial charge < -0.3 is 19.5 Å². The Morgan fingerprint density at radius 1 is 1.19 bits per heavy atom. The van der Waals surface area contributed by atoms with Gasteiger partial charge >= 0.3 is 0 Å². The Kier molecular flexibility index (Phi) is 8.35. The van der Waals surface area contributed by atoms with Crippen molar-refractivity contribution in [2.75, 3.05) is 33.5 Å². The Balaban J connectivity index is 2.74. The van der Waals surface area contributed by atoms with Crippen LogP contribution in [0.4, 0.5) is 0 Å². The van der Waals surface area contributed by atoms with Crippen LogP contribution >= 0.6 is 0 Å². The van der Waals surface area contributed by atoms with Crippen LogP contribution in [0.5, 0.6) is 5.75 Å². The van der Waals surface area contributed by atoms with Crippen LogP contribution in [0.1, 0.15) is 37.9 Å². The number of likely N-dealkylation sites (N-methyl/N-ethyl adjacent to an activating group) is 1. The topological polar surface area (TPSA) is 39.7 Å². The van der Waals surface area contributed by atoms with Gasteiger partial charge in [0.25, 0.3) is 0 Å². The zero-order chi connectivity index (χ0) is 15.7. The summed E-state index contributed by atoms with van der Waals surface area (Å²) in [5, 5.41) is 3.47. The number of rotatable bonds is 10. The van der Waals surface area contributed by atoms with Gasteiger partial charge in [-0.3, -0.25) is 0 Å². The lowest BCUT2D eigenvalue weighted by Crippen LogP contribution is -2.29. The number of benzene rings is 1. The van der Waals surface area contributed by atoms with E-state index in [1.165, 1.54) is 5.56 Å². The van der Waals surface area contributed by atoms with Crippen LogP contribution in [0, 0.1) is 6.92 Å². The zero-order valence-corrected chi connectivity index (χ0v) is 13.9. The minimum Gasteiger partial charge on any atom is -0.496 e. The molecule has 0 bridgehead atoms. The largest absolute Gasteiger partial charge is 0.496 e. The fraction of sp³-hybridized carbons (Fsp3) is 0.647. The Labute approximate surface area is 128 Å². The minimum absolute atomic E-state index is 0.0851. The summed E-state index contributed by atoms with van der Waals surface area (Å²) < 4.78 is 16.8. The van der Waals surface area contributed by atoms with Crippen LogP contribution in [0.25, 0.3) is 0 Å². The van der Waals surface area contributed by atoms with Crippen LogP contribution in [-0.4, -0.2) is 39.6 Å². The first-order chi connectivity index (χ1) is 10.1. The summed E-state index contributed by atoms with van der Waals surface area (Å²) >= 11 is 0. The van der Waals surface area contributed by atoms with E-state index in [0.29, 0.717) is 13.2 Å². The molecule has 0 saturated heterocycles. The van der Waals surface area contributed by atoms with Gasteiger partial charge in [0.05, 0.1) is 32.5 Å². The van der Waals surface area contributed by atoms with Crippen LogP contribution in [0.15, 0.2) is 18.2 Å². The third kappa shape index (κ3) is 6.04. The second kappa shape index (κ2) is 9.77. The molecule has 2 atom stereocenters. The maximum Gasteiger partial charge on any atom is 0.123 e. The van der Waals surface area contributed by atoms with E-state index in [2.05, 4.69) is 31.3 Å². The van der Waals surface area contributed by atoms with Crippen LogP contribution in [0.2, 0.25) is 0 Å². The first kappa shape index (κ1) is 18.0. The molecule has 1 aromatic carbocycles. The van der Waals surface area contributed by atoms with Crippen molar-refractivity contribution in [3.63, 3.8) is 0 Å². The summed E-state index contributed by atoms with van der Waals surface area (Å²) in [7, 11) is 1.70. The SMILES string of the molecule is CCNC(COC(C)COCC)c1cc(C)ccc1OC. The molecule has 0 radical (unpaired) electrons. The first-order valence-electron chi connectivity index (χ1n) is 7.69. The second-order valence-electron chi connectivity index (χ2n) is 5.16. The van der Waals surface area contributed by atoms with Crippen molar-refractivity contribution in [2.45, 2.75) is 39.8 Å². The van der Waals surface area contributed by atoms with E-state index in [1.807, 2.05) is 19.9 Å². The number of hydrogen-bond acceptors (Lipinski definition) is 4. The van der Waals surface area contributed by atoms with Crippen molar-refractivity contribution in [3.05, 3.63) is 29.3 Å². The Morgan fingerprint density at radius 2 is 1.95 bits per heavy atom. The minimum atomic E-state index is 0.0851. The summed E-state index contributed by atoms with van der Waals surface area (Å²) in [5.74, 6) is 0.896. The Bertz CT molecular complexity index is 409. The molecule has 1 N–H and O–H groups in total. The van der Waals surface area contributed by atoms with Crippen LogP contribution in [-0.2, 0) is 9.47 Å². The van der Waals surface area contributed by atoms with Crippen molar-refractivity contribution in [3.8, 4) is 5.75 Å². The fourth-order valence-electron chi connectivity index (χ4n) is 2.22. The highest BCUT2D eigenvalue weighted by Gasteiger charge is 2.17. The van der Waals surface area contributed by atoms with Crippen LogP contribution < -0.4 is 10.1 Å². The monoisotopic (exact) mass is 295 g/mol. The molecule has 0 spiro atoms. The third-order valence-electron chi connectivity index (χ3n) is 3.32. The molecule has 0 heterocycles. The molecule has 1 aromatic rings. The molecule has 0 saturated carbocycles. The van der Waals surface area contributed by atoms with E-state index >= 15 is 0 Å². The average molecular weight is 295 g/mol. The number of methoxy groups -OCH3 is 1. The number of aryl methyl sites for hydroxylation is 1. The van der Waals surface area contributed by atoms with Gasteiger partial charge in [0, 0.05) is 12.2 Å². The lowest BCUT2D eigenvalue weighted by atomic mass is 10.0. The molecule has 21 heavy (non-hydrogen) atoms. The molecule has 120 valence electrons. The summed E-state index contributed by atoms with van der Waals surface area (Å²) in [6.45, 7) is 11.0. The molecular weight excluding hydrogens is 266 g/mol. The smallest absolute Gasteiger partial charge is 0.123 e.